The summed E-state index contributed by atoms with van der Waals surface area (Å²) in [5.74, 6) is 1.19. The van der Waals surface area contributed by atoms with Crippen LogP contribution in [0.5, 0.6) is 5.88 Å². The Morgan fingerprint density at radius 2 is 1.90 bits per heavy atom. The van der Waals surface area contributed by atoms with Gasteiger partial charge in [-0.2, -0.15) is 15.1 Å². The van der Waals surface area contributed by atoms with Gasteiger partial charge in [0.25, 0.3) is 0 Å². The van der Waals surface area contributed by atoms with E-state index in [-0.39, 0.29) is 0 Å². The first-order chi connectivity index (χ1) is 10.3. The fourth-order valence-electron chi connectivity index (χ4n) is 2.21. The number of rotatable bonds is 10. The molecule has 0 aliphatic rings. The maximum absolute atomic E-state index is 5.82. The Kier molecular flexibility index (Phi) is 6.24. The molecule has 2 aromatic heterocycles. The molecular weight excluding hydrogens is 266 g/mol. The van der Waals surface area contributed by atoms with E-state index in [4.69, 9.17) is 4.74 Å². The summed E-state index contributed by atoms with van der Waals surface area (Å²) in [4.78, 5) is 8.75. The average molecular weight is 291 g/mol. The average Bonchev–Trinajstić information content (AvgIpc) is 2.95. The highest BCUT2D eigenvalue weighted by molar-refractivity contribution is 5.80. The Bertz CT molecular complexity index is 540. The van der Waals surface area contributed by atoms with Crippen molar-refractivity contribution >= 4 is 17.0 Å². The molecule has 0 amide bonds. The Morgan fingerprint density at radius 3 is 2.71 bits per heavy atom. The summed E-state index contributed by atoms with van der Waals surface area (Å²) in [6.07, 6.45) is 9.19. The van der Waals surface area contributed by atoms with Crippen LogP contribution in [0.15, 0.2) is 6.20 Å². The Morgan fingerprint density at radius 1 is 1.10 bits per heavy atom. The molecule has 0 bridgehead atoms. The van der Waals surface area contributed by atoms with E-state index in [0.29, 0.717) is 24.1 Å². The van der Waals surface area contributed by atoms with Gasteiger partial charge >= 0.3 is 0 Å². The van der Waals surface area contributed by atoms with Gasteiger partial charge in [0.2, 0.25) is 11.8 Å². The molecule has 0 atom stereocenters. The van der Waals surface area contributed by atoms with E-state index in [1.807, 2.05) is 6.92 Å². The highest BCUT2D eigenvalue weighted by Crippen LogP contribution is 2.22. The van der Waals surface area contributed by atoms with Crippen LogP contribution in [0.3, 0.4) is 0 Å². The molecule has 0 aromatic carbocycles. The van der Waals surface area contributed by atoms with Crippen LogP contribution in [-0.4, -0.2) is 33.3 Å². The van der Waals surface area contributed by atoms with Crippen LogP contribution in [0.1, 0.15) is 52.4 Å². The molecule has 2 N–H and O–H groups in total. The number of hydrogen-bond acceptors (Lipinski definition) is 5. The number of nitrogens with zero attached hydrogens (tertiary/aromatic N) is 3. The lowest BCUT2D eigenvalue weighted by Gasteiger charge is -2.08. The quantitative estimate of drug-likeness (QED) is 0.655. The smallest absolute Gasteiger partial charge is 0.229 e. The molecule has 21 heavy (non-hydrogen) atoms. The minimum atomic E-state index is 0.576. The van der Waals surface area contributed by atoms with E-state index >= 15 is 0 Å². The minimum absolute atomic E-state index is 0.576. The zero-order valence-electron chi connectivity index (χ0n) is 13.0. The SMILES string of the molecule is CCCCCCCCOc1nc(NCC)nc2[nH]ncc12. The predicted octanol–water partition coefficient (Wildman–Crippen LogP) is 3.52. The normalized spacial score (nSPS) is 11.0. The summed E-state index contributed by atoms with van der Waals surface area (Å²) in [5, 5.41) is 10.8. The first-order valence-corrected chi connectivity index (χ1v) is 7.93. The second kappa shape index (κ2) is 8.44. The van der Waals surface area contributed by atoms with Crippen molar-refractivity contribution in [2.75, 3.05) is 18.5 Å². The summed E-state index contributed by atoms with van der Waals surface area (Å²) in [6, 6.07) is 0. The molecule has 0 aliphatic heterocycles. The molecule has 6 heteroatoms. The molecule has 2 aromatic rings. The third kappa shape index (κ3) is 4.58. The number of anilines is 1. The third-order valence-corrected chi connectivity index (χ3v) is 3.35. The largest absolute Gasteiger partial charge is 0.477 e. The van der Waals surface area contributed by atoms with Gasteiger partial charge in [0.1, 0.15) is 5.39 Å². The number of aromatic amines is 1. The molecule has 0 unspecified atom stereocenters. The monoisotopic (exact) mass is 291 g/mol. The first kappa shape index (κ1) is 15.5. The number of nitrogens with one attached hydrogen (secondary N) is 2. The maximum atomic E-state index is 5.82. The fourth-order valence-corrected chi connectivity index (χ4v) is 2.21. The number of ether oxygens (including phenoxy) is 1. The lowest BCUT2D eigenvalue weighted by molar-refractivity contribution is 0.297. The van der Waals surface area contributed by atoms with E-state index in [9.17, 15) is 0 Å². The molecule has 0 saturated heterocycles. The molecule has 0 saturated carbocycles. The molecule has 2 rings (SSSR count). The van der Waals surface area contributed by atoms with Crippen molar-refractivity contribution in [3.63, 3.8) is 0 Å². The van der Waals surface area contributed by atoms with Gasteiger partial charge in [-0.15, -0.1) is 0 Å². The van der Waals surface area contributed by atoms with Crippen LogP contribution < -0.4 is 10.1 Å². The molecule has 0 fully saturated rings. The number of unbranched alkanes of at least 4 members (excludes halogenated alkanes) is 5. The van der Waals surface area contributed by atoms with Crippen molar-refractivity contribution in [3.05, 3.63) is 6.20 Å². The van der Waals surface area contributed by atoms with Gasteiger partial charge in [-0.05, 0) is 13.3 Å². The van der Waals surface area contributed by atoms with Crippen LogP contribution in [0.4, 0.5) is 5.95 Å². The predicted molar refractivity (Wildman–Crippen MR) is 84.7 cm³/mol. The molecule has 6 nitrogen and oxygen atoms in total. The van der Waals surface area contributed by atoms with E-state index in [1.165, 1.54) is 32.1 Å². The Hall–Kier alpha value is -1.85. The van der Waals surface area contributed by atoms with Gasteiger partial charge in [0.15, 0.2) is 5.65 Å². The molecule has 0 spiro atoms. The van der Waals surface area contributed by atoms with Crippen molar-refractivity contribution in [3.8, 4) is 5.88 Å². The van der Waals surface area contributed by atoms with Gasteiger partial charge < -0.3 is 10.1 Å². The van der Waals surface area contributed by atoms with E-state index in [0.717, 1.165) is 18.4 Å². The lowest BCUT2D eigenvalue weighted by atomic mass is 10.1. The van der Waals surface area contributed by atoms with Crippen molar-refractivity contribution in [1.29, 1.82) is 0 Å². The number of fused-ring (bicyclic) bond motifs is 1. The molecule has 116 valence electrons. The molecular formula is C15H25N5O. The number of aromatic nitrogens is 4. The van der Waals surface area contributed by atoms with Gasteiger partial charge in [0.05, 0.1) is 12.8 Å². The van der Waals surface area contributed by atoms with Gasteiger partial charge in [-0.25, -0.2) is 0 Å². The second-order valence-corrected chi connectivity index (χ2v) is 5.13. The van der Waals surface area contributed by atoms with Crippen LogP contribution in [0.25, 0.3) is 11.0 Å². The maximum Gasteiger partial charge on any atom is 0.229 e. The van der Waals surface area contributed by atoms with Crippen LogP contribution in [0, 0.1) is 0 Å². The highest BCUT2D eigenvalue weighted by Gasteiger charge is 2.10. The highest BCUT2D eigenvalue weighted by atomic mass is 16.5. The van der Waals surface area contributed by atoms with Crippen molar-refractivity contribution in [2.24, 2.45) is 0 Å². The summed E-state index contributed by atoms with van der Waals surface area (Å²) in [6.45, 7) is 5.71. The van der Waals surface area contributed by atoms with Crippen LogP contribution >= 0.6 is 0 Å². The lowest BCUT2D eigenvalue weighted by Crippen LogP contribution is -2.05. The van der Waals surface area contributed by atoms with E-state index < -0.39 is 0 Å². The third-order valence-electron chi connectivity index (χ3n) is 3.35. The number of H-pyrrole nitrogens is 1. The van der Waals surface area contributed by atoms with E-state index in [1.54, 1.807) is 6.20 Å². The standard InChI is InChI=1S/C15H25N5O/c1-3-5-6-7-8-9-10-21-14-12-11-17-20-13(12)18-15(19-14)16-4-2/h11H,3-10H2,1-2H3,(H2,16,17,18,19,20). The van der Waals surface area contributed by atoms with Crippen LogP contribution in [-0.2, 0) is 0 Å². The first-order valence-electron chi connectivity index (χ1n) is 7.93. The number of hydrogen-bond donors (Lipinski definition) is 2. The summed E-state index contributed by atoms with van der Waals surface area (Å²) >= 11 is 0. The van der Waals surface area contributed by atoms with Gasteiger partial charge in [0, 0.05) is 6.54 Å². The molecule has 2 heterocycles. The molecule has 0 radical (unpaired) electrons. The summed E-state index contributed by atoms with van der Waals surface area (Å²) in [5.41, 5.74) is 0.707. The zero-order chi connectivity index (χ0) is 14.9. The minimum Gasteiger partial charge on any atom is -0.477 e. The Labute approximate surface area is 125 Å². The van der Waals surface area contributed by atoms with Gasteiger partial charge in [-0.1, -0.05) is 39.0 Å². The van der Waals surface area contributed by atoms with Gasteiger partial charge in [-0.3, -0.25) is 5.10 Å². The van der Waals surface area contributed by atoms with Crippen molar-refractivity contribution in [2.45, 2.75) is 52.4 Å². The summed E-state index contributed by atoms with van der Waals surface area (Å²) in [7, 11) is 0. The fraction of sp³-hybridized carbons (Fsp3) is 0.667. The topological polar surface area (TPSA) is 75.7 Å². The summed E-state index contributed by atoms with van der Waals surface area (Å²) < 4.78 is 5.82. The van der Waals surface area contributed by atoms with E-state index in [2.05, 4.69) is 32.4 Å². The van der Waals surface area contributed by atoms with Crippen molar-refractivity contribution < 1.29 is 4.74 Å². The molecule has 0 aliphatic carbocycles. The zero-order valence-corrected chi connectivity index (χ0v) is 13.0. The second-order valence-electron chi connectivity index (χ2n) is 5.13. The Balaban J connectivity index is 1.87. The van der Waals surface area contributed by atoms with Crippen LogP contribution in [0.2, 0.25) is 0 Å². The van der Waals surface area contributed by atoms with Crippen molar-refractivity contribution in [1.82, 2.24) is 20.2 Å².